The van der Waals surface area contributed by atoms with Gasteiger partial charge in [-0.1, -0.05) is 48.5 Å². The van der Waals surface area contributed by atoms with Crippen LogP contribution in [0.2, 0.25) is 0 Å². The first-order valence-corrected chi connectivity index (χ1v) is 5.52. The molecule has 0 heterocycles. The molecule has 1 N–H and O–H groups in total. The highest BCUT2D eigenvalue weighted by Gasteiger charge is 2.04. The normalized spacial score (nSPS) is 10.8. The van der Waals surface area contributed by atoms with Crippen molar-refractivity contribution in [1.29, 1.82) is 5.26 Å². The summed E-state index contributed by atoms with van der Waals surface area (Å²) in [4.78, 5) is 0. The van der Waals surface area contributed by atoms with Gasteiger partial charge in [0.05, 0.1) is 17.5 Å². The van der Waals surface area contributed by atoms with Crippen molar-refractivity contribution >= 4 is 11.3 Å². The molecular weight excluding hydrogens is 224 g/mol. The lowest BCUT2D eigenvalue weighted by Crippen LogP contribution is -2.09. The third kappa shape index (κ3) is 2.76. The quantitative estimate of drug-likeness (QED) is 0.656. The number of benzene rings is 2. The molecular formula is C15H12N2O. The van der Waals surface area contributed by atoms with E-state index in [-0.39, 0.29) is 0 Å². The number of hydroxylamine groups is 1. The minimum atomic E-state index is 0.405. The van der Waals surface area contributed by atoms with Crippen molar-refractivity contribution in [3.05, 3.63) is 72.4 Å². The maximum Gasteiger partial charge on any atom is 0.101 e. The molecule has 0 fully saturated rings. The number of para-hydroxylation sites is 1. The molecule has 2 aromatic rings. The topological polar surface area (TPSA) is 47.3 Å². The first kappa shape index (κ1) is 11.9. The van der Waals surface area contributed by atoms with Crippen LogP contribution in [0.15, 0.2) is 66.9 Å². The van der Waals surface area contributed by atoms with Gasteiger partial charge >= 0.3 is 0 Å². The van der Waals surface area contributed by atoms with Crippen LogP contribution >= 0.6 is 0 Å². The molecule has 0 aliphatic carbocycles. The second-order valence-electron chi connectivity index (χ2n) is 3.70. The standard InChI is InChI=1S/C15H12N2O/c16-11-14(13-7-3-1-4-8-13)12-17(18)15-9-5-2-6-10-15/h1-10,12,18H. The molecule has 0 radical (unpaired) electrons. The molecule has 0 saturated carbocycles. The zero-order valence-corrected chi connectivity index (χ0v) is 9.69. The summed E-state index contributed by atoms with van der Waals surface area (Å²) in [5.41, 5.74) is 1.79. The summed E-state index contributed by atoms with van der Waals surface area (Å²) < 4.78 is 0. The molecule has 2 aromatic carbocycles. The summed E-state index contributed by atoms with van der Waals surface area (Å²) in [7, 11) is 0. The van der Waals surface area contributed by atoms with Crippen LogP contribution in [0.25, 0.3) is 5.57 Å². The number of nitrogens with zero attached hydrogens (tertiary/aromatic N) is 2. The highest BCUT2D eigenvalue weighted by Crippen LogP contribution is 2.17. The lowest BCUT2D eigenvalue weighted by atomic mass is 10.1. The number of anilines is 1. The minimum Gasteiger partial charge on any atom is -0.284 e. The fourth-order valence-corrected chi connectivity index (χ4v) is 1.56. The van der Waals surface area contributed by atoms with E-state index in [2.05, 4.69) is 6.07 Å². The maximum absolute atomic E-state index is 9.89. The van der Waals surface area contributed by atoms with Crippen molar-refractivity contribution in [2.24, 2.45) is 0 Å². The first-order chi connectivity index (χ1) is 8.81. The number of hydrogen-bond donors (Lipinski definition) is 1. The molecule has 0 saturated heterocycles. The van der Waals surface area contributed by atoms with Crippen LogP contribution in [0.4, 0.5) is 5.69 Å². The molecule has 3 heteroatoms. The summed E-state index contributed by atoms with van der Waals surface area (Å²) in [6.45, 7) is 0. The van der Waals surface area contributed by atoms with Gasteiger partial charge in [-0.2, -0.15) is 5.26 Å². The minimum absolute atomic E-state index is 0.405. The van der Waals surface area contributed by atoms with Gasteiger partial charge in [0.2, 0.25) is 0 Å². The van der Waals surface area contributed by atoms with Gasteiger partial charge in [-0.15, -0.1) is 0 Å². The van der Waals surface area contributed by atoms with Gasteiger partial charge in [0, 0.05) is 0 Å². The van der Waals surface area contributed by atoms with Crippen molar-refractivity contribution in [2.45, 2.75) is 0 Å². The van der Waals surface area contributed by atoms with Gasteiger partial charge in [-0.05, 0) is 17.7 Å². The van der Waals surface area contributed by atoms with E-state index < -0.39 is 0 Å². The Morgan fingerprint density at radius 2 is 1.56 bits per heavy atom. The van der Waals surface area contributed by atoms with Crippen LogP contribution in [-0.2, 0) is 0 Å². The molecule has 2 rings (SSSR count). The van der Waals surface area contributed by atoms with Crippen LogP contribution < -0.4 is 5.06 Å². The van der Waals surface area contributed by atoms with Gasteiger partial charge in [0.15, 0.2) is 0 Å². The molecule has 0 aliphatic rings. The lowest BCUT2D eigenvalue weighted by molar-refractivity contribution is 0.296. The molecule has 0 bridgehead atoms. The van der Waals surface area contributed by atoms with Crippen molar-refractivity contribution in [1.82, 2.24) is 0 Å². The fraction of sp³-hybridized carbons (Fsp3) is 0. The van der Waals surface area contributed by atoms with E-state index in [4.69, 9.17) is 5.26 Å². The zero-order chi connectivity index (χ0) is 12.8. The van der Waals surface area contributed by atoms with Crippen LogP contribution in [-0.4, -0.2) is 5.21 Å². The van der Waals surface area contributed by atoms with Crippen molar-refractivity contribution < 1.29 is 5.21 Å². The van der Waals surface area contributed by atoms with E-state index >= 15 is 0 Å². The number of allylic oxidation sites excluding steroid dienone is 1. The summed E-state index contributed by atoms with van der Waals surface area (Å²) >= 11 is 0. The average Bonchev–Trinajstić information content (AvgIpc) is 2.46. The Hall–Kier alpha value is -2.57. The monoisotopic (exact) mass is 236 g/mol. The number of hydrogen-bond acceptors (Lipinski definition) is 3. The van der Waals surface area contributed by atoms with Crippen molar-refractivity contribution in [3.8, 4) is 6.07 Å². The van der Waals surface area contributed by atoms with E-state index in [9.17, 15) is 5.21 Å². The van der Waals surface area contributed by atoms with Gasteiger partial charge in [-0.3, -0.25) is 5.21 Å². The van der Waals surface area contributed by atoms with Gasteiger partial charge < -0.3 is 0 Å². The van der Waals surface area contributed by atoms with Gasteiger partial charge in [0.1, 0.15) is 6.07 Å². The predicted molar refractivity (Wildman–Crippen MR) is 70.7 cm³/mol. The van der Waals surface area contributed by atoms with Crippen LogP contribution in [0, 0.1) is 11.3 Å². The smallest absolute Gasteiger partial charge is 0.101 e. The lowest BCUT2D eigenvalue weighted by Gasteiger charge is -2.12. The Labute approximate surface area is 106 Å². The second kappa shape index (κ2) is 5.67. The van der Waals surface area contributed by atoms with E-state index in [0.29, 0.717) is 11.3 Å². The Balaban J connectivity index is 2.29. The van der Waals surface area contributed by atoms with Gasteiger partial charge in [0.25, 0.3) is 0 Å². The van der Waals surface area contributed by atoms with Crippen molar-refractivity contribution in [3.63, 3.8) is 0 Å². The van der Waals surface area contributed by atoms with E-state index in [0.717, 1.165) is 10.6 Å². The summed E-state index contributed by atoms with van der Waals surface area (Å²) in [6, 6.07) is 20.3. The molecule has 0 aliphatic heterocycles. The van der Waals surface area contributed by atoms with E-state index in [1.165, 1.54) is 6.20 Å². The molecule has 0 spiro atoms. The van der Waals surface area contributed by atoms with Crippen molar-refractivity contribution in [2.75, 3.05) is 5.06 Å². The van der Waals surface area contributed by atoms with Crippen LogP contribution in [0.5, 0.6) is 0 Å². The first-order valence-electron chi connectivity index (χ1n) is 5.52. The van der Waals surface area contributed by atoms with Gasteiger partial charge in [-0.25, -0.2) is 5.06 Å². The Bertz CT molecular complexity index is 570. The molecule has 0 aromatic heterocycles. The molecule has 0 unspecified atom stereocenters. The third-order valence-electron chi connectivity index (χ3n) is 2.48. The predicted octanol–water partition coefficient (Wildman–Crippen LogP) is 3.45. The Morgan fingerprint density at radius 1 is 1.00 bits per heavy atom. The number of rotatable bonds is 3. The molecule has 88 valence electrons. The summed E-state index contributed by atoms with van der Waals surface area (Å²) in [5.74, 6) is 0. The summed E-state index contributed by atoms with van der Waals surface area (Å²) in [5, 5.41) is 20.0. The van der Waals surface area contributed by atoms with E-state index in [1.54, 1.807) is 12.1 Å². The van der Waals surface area contributed by atoms with Crippen LogP contribution in [0.3, 0.4) is 0 Å². The van der Waals surface area contributed by atoms with Crippen LogP contribution in [0.1, 0.15) is 5.56 Å². The zero-order valence-electron chi connectivity index (χ0n) is 9.69. The second-order valence-corrected chi connectivity index (χ2v) is 3.70. The number of nitriles is 1. The molecule has 0 atom stereocenters. The molecule has 3 nitrogen and oxygen atoms in total. The maximum atomic E-state index is 9.89. The SMILES string of the molecule is N#CC(=CN(O)c1ccccc1)c1ccccc1. The highest BCUT2D eigenvalue weighted by molar-refractivity contribution is 5.78. The third-order valence-corrected chi connectivity index (χ3v) is 2.48. The average molecular weight is 236 g/mol. The fourth-order valence-electron chi connectivity index (χ4n) is 1.56. The van der Waals surface area contributed by atoms with E-state index in [1.807, 2.05) is 48.5 Å². The molecule has 0 amide bonds. The Morgan fingerprint density at radius 3 is 2.11 bits per heavy atom. The molecule has 18 heavy (non-hydrogen) atoms. The summed E-state index contributed by atoms with van der Waals surface area (Å²) in [6.07, 6.45) is 1.41. The highest BCUT2D eigenvalue weighted by atomic mass is 16.5. The largest absolute Gasteiger partial charge is 0.284 e. The Kier molecular flexibility index (Phi) is 3.75.